The van der Waals surface area contributed by atoms with E-state index in [-0.39, 0.29) is 16.8 Å². The van der Waals surface area contributed by atoms with E-state index in [0.29, 0.717) is 12.4 Å². The number of likely N-dealkylation sites (tertiary alicyclic amines) is 1. The van der Waals surface area contributed by atoms with E-state index in [2.05, 4.69) is 16.0 Å². The van der Waals surface area contributed by atoms with Crippen LogP contribution in [-0.2, 0) is 21.1 Å². The number of carbonyl (C=O) groups is 1. The molecule has 0 unspecified atom stereocenters. The van der Waals surface area contributed by atoms with Crippen LogP contribution >= 0.6 is 0 Å². The molecule has 0 saturated carbocycles. The smallest absolute Gasteiger partial charge is 0.238 e. The van der Waals surface area contributed by atoms with Crippen molar-refractivity contribution in [2.45, 2.75) is 36.6 Å². The molecule has 0 aliphatic carbocycles. The number of sulfone groups is 1. The Bertz CT molecular complexity index is 1250. The maximum Gasteiger partial charge on any atom is 0.238 e. The molecule has 2 heterocycles. The highest BCUT2D eigenvalue weighted by molar-refractivity contribution is 7.92. The number of aromatic amines is 1. The molecule has 1 aliphatic heterocycles. The fraction of sp³-hybridized carbons (Fsp3) is 0.333. The van der Waals surface area contributed by atoms with Crippen LogP contribution < -0.4 is 5.73 Å². The average Bonchev–Trinajstić information content (AvgIpc) is 3.43. The van der Waals surface area contributed by atoms with E-state index in [0.717, 1.165) is 47.8 Å². The zero-order chi connectivity index (χ0) is 22.7. The van der Waals surface area contributed by atoms with Crippen LogP contribution in [0.3, 0.4) is 0 Å². The number of nitrogens with one attached hydrogen (secondary N) is 1. The zero-order valence-corrected chi connectivity index (χ0v) is 18.9. The lowest BCUT2D eigenvalue weighted by molar-refractivity contribution is -0.129. The largest absolute Gasteiger partial charge is 0.384 e. The number of carbonyl (C=O) groups excluding carboxylic acids is 1. The van der Waals surface area contributed by atoms with Gasteiger partial charge in [-0.2, -0.15) is 0 Å². The number of aromatic nitrogens is 1. The van der Waals surface area contributed by atoms with E-state index < -0.39 is 15.6 Å². The Kier molecular flexibility index (Phi) is 6.32. The van der Waals surface area contributed by atoms with E-state index in [9.17, 15) is 13.2 Å². The molecule has 1 saturated heterocycles. The van der Waals surface area contributed by atoms with Gasteiger partial charge in [0.2, 0.25) is 5.91 Å². The monoisotopic (exact) mass is 452 g/mol. The van der Waals surface area contributed by atoms with Gasteiger partial charge in [0.15, 0.2) is 9.84 Å². The van der Waals surface area contributed by atoms with Crippen molar-refractivity contribution >= 4 is 32.5 Å². The molecule has 1 fully saturated rings. The summed E-state index contributed by atoms with van der Waals surface area (Å²) in [7, 11) is -1.97. The molecule has 0 radical (unpaired) electrons. The Morgan fingerprint density at radius 2 is 1.97 bits per heavy atom. The fourth-order valence-electron chi connectivity index (χ4n) is 4.35. The molecule has 7 nitrogen and oxygen atoms in total. The second-order valence-corrected chi connectivity index (χ2v) is 10.2. The predicted molar refractivity (Wildman–Crippen MR) is 126 cm³/mol. The van der Waals surface area contributed by atoms with Crippen molar-refractivity contribution in [3.8, 4) is 0 Å². The van der Waals surface area contributed by atoms with Crippen LogP contribution in [0.5, 0.6) is 0 Å². The topological polar surface area (TPSA) is 109 Å². The summed E-state index contributed by atoms with van der Waals surface area (Å²) in [5, 5.41) is 1.10. The second kappa shape index (κ2) is 9.16. The molecular formula is C24H28N4O3S. The minimum absolute atomic E-state index is 0.0540. The van der Waals surface area contributed by atoms with E-state index in [1.165, 1.54) is 12.1 Å². The first-order chi connectivity index (χ1) is 15.4. The van der Waals surface area contributed by atoms with Gasteiger partial charge in [-0.05, 0) is 55.3 Å². The summed E-state index contributed by atoms with van der Waals surface area (Å²) < 4.78 is 25.2. The lowest BCUT2D eigenvalue weighted by Crippen LogP contribution is -2.39. The number of H-pyrrole nitrogens is 1. The van der Waals surface area contributed by atoms with Crippen molar-refractivity contribution in [1.82, 2.24) is 9.88 Å². The van der Waals surface area contributed by atoms with Crippen LogP contribution in [0, 0.1) is 0 Å². The number of hydrogen-bond donors (Lipinski definition) is 2. The summed E-state index contributed by atoms with van der Waals surface area (Å²) in [6.07, 6.45) is 3.36. The third-order valence-electron chi connectivity index (χ3n) is 6.08. The number of benzene rings is 2. The molecule has 0 spiro atoms. The summed E-state index contributed by atoms with van der Waals surface area (Å²) in [5.74, 6) is -0.302. The van der Waals surface area contributed by atoms with E-state index in [1.807, 2.05) is 18.2 Å². The molecule has 1 aromatic heterocycles. The van der Waals surface area contributed by atoms with Crippen molar-refractivity contribution in [3.63, 3.8) is 0 Å². The molecular weight excluding hydrogens is 424 g/mol. The summed E-state index contributed by atoms with van der Waals surface area (Å²) in [5.41, 5.74) is 8.87. The number of nitrogens with two attached hydrogens (primary N) is 1. The lowest BCUT2D eigenvalue weighted by Gasteiger charge is -2.24. The zero-order valence-electron chi connectivity index (χ0n) is 18.1. The molecule has 3 aromatic rings. The van der Waals surface area contributed by atoms with Gasteiger partial charge >= 0.3 is 0 Å². The number of rotatable bonds is 7. The molecule has 1 aliphatic rings. The van der Waals surface area contributed by atoms with Gasteiger partial charge in [-0.15, -0.1) is 0 Å². The molecule has 0 bridgehead atoms. The first-order valence-electron chi connectivity index (χ1n) is 10.8. The molecule has 8 heteroatoms. The number of aliphatic imine (C=N–C) groups is 1. The van der Waals surface area contributed by atoms with Crippen LogP contribution in [0.1, 0.15) is 30.5 Å². The summed E-state index contributed by atoms with van der Waals surface area (Å²) in [4.78, 5) is 22.2. The van der Waals surface area contributed by atoms with Crippen molar-refractivity contribution in [1.29, 1.82) is 0 Å². The third-order valence-corrected chi connectivity index (χ3v) is 7.69. The normalized spacial score (nSPS) is 17.2. The highest BCUT2D eigenvalue weighted by Gasteiger charge is 2.31. The minimum Gasteiger partial charge on any atom is -0.384 e. The van der Waals surface area contributed by atoms with E-state index in [4.69, 9.17) is 5.73 Å². The number of hydrogen-bond acceptors (Lipinski definition) is 4. The Balaban J connectivity index is 1.41. The third kappa shape index (κ3) is 4.70. The quantitative estimate of drug-likeness (QED) is 0.424. The maximum absolute atomic E-state index is 12.8. The average molecular weight is 453 g/mol. The van der Waals surface area contributed by atoms with Gasteiger partial charge in [-0.3, -0.25) is 9.79 Å². The van der Waals surface area contributed by atoms with Crippen LogP contribution in [0.15, 0.2) is 64.5 Å². The van der Waals surface area contributed by atoms with Gasteiger partial charge in [0.1, 0.15) is 11.6 Å². The molecule has 4 rings (SSSR count). The first-order valence-corrected chi connectivity index (χ1v) is 12.4. The molecule has 168 valence electrons. The van der Waals surface area contributed by atoms with Gasteiger partial charge in [-0.25, -0.2) is 8.42 Å². The Morgan fingerprint density at radius 3 is 2.72 bits per heavy atom. The summed E-state index contributed by atoms with van der Waals surface area (Å²) in [6, 6.07) is 16.3. The van der Waals surface area contributed by atoms with Crippen molar-refractivity contribution in [2.75, 3.05) is 19.3 Å². The molecule has 1 atom stereocenters. The number of nitrogens with zero attached hydrogens (tertiary/aromatic N) is 2. The van der Waals surface area contributed by atoms with Crippen molar-refractivity contribution in [3.05, 3.63) is 65.9 Å². The van der Waals surface area contributed by atoms with E-state index in [1.54, 1.807) is 30.1 Å². The lowest BCUT2D eigenvalue weighted by atomic mass is 10.1. The summed E-state index contributed by atoms with van der Waals surface area (Å²) in [6.45, 7) is 0.611. The number of aryl methyl sites for hydroxylation is 1. The highest BCUT2D eigenvalue weighted by Crippen LogP contribution is 2.25. The Hall–Kier alpha value is -3.13. The number of amidine groups is 1. The van der Waals surface area contributed by atoms with Crippen molar-refractivity contribution < 1.29 is 13.2 Å². The Morgan fingerprint density at radius 1 is 1.19 bits per heavy atom. The summed E-state index contributed by atoms with van der Waals surface area (Å²) >= 11 is 0. The van der Waals surface area contributed by atoms with Gasteiger partial charge in [0, 0.05) is 36.4 Å². The van der Waals surface area contributed by atoms with Gasteiger partial charge in [0.05, 0.1) is 4.90 Å². The van der Waals surface area contributed by atoms with Crippen LogP contribution in [0.25, 0.3) is 10.9 Å². The number of fused-ring (bicyclic) bond motifs is 1. The predicted octanol–water partition coefficient (Wildman–Crippen LogP) is 2.90. The van der Waals surface area contributed by atoms with Crippen LogP contribution in [0.2, 0.25) is 0 Å². The maximum atomic E-state index is 12.8. The first kappa shape index (κ1) is 22.1. The van der Waals surface area contributed by atoms with Crippen molar-refractivity contribution in [2.24, 2.45) is 10.7 Å². The minimum atomic E-state index is -3.64. The molecule has 3 N–H and O–H groups in total. The Labute approximate surface area is 188 Å². The standard InChI is InChI=1S/C24H28N4O3S/c1-26-24(25)18-10-9-17-14-19(27-22(17)15-18)11-12-20-6-5-13-28(20)23(29)16-32(30,31)21-7-3-2-4-8-21/h2-4,7-10,14-15,20,27H,5-6,11-13,16H2,1H3,(H2,25,26)/t20-/m0/s1. The molecule has 1 amide bonds. The fourth-order valence-corrected chi connectivity index (χ4v) is 5.58. The van der Waals surface area contributed by atoms with Gasteiger partial charge in [-0.1, -0.05) is 30.3 Å². The SMILES string of the molecule is CN=C(N)c1ccc2cc(CC[C@@H]3CCCN3C(=O)CS(=O)(=O)c3ccccc3)[nH]c2c1. The van der Waals surface area contributed by atoms with Crippen LogP contribution in [0.4, 0.5) is 0 Å². The van der Waals surface area contributed by atoms with Crippen LogP contribution in [-0.4, -0.2) is 55.4 Å². The number of amides is 1. The van der Waals surface area contributed by atoms with Gasteiger partial charge in [0.25, 0.3) is 0 Å². The molecule has 32 heavy (non-hydrogen) atoms. The van der Waals surface area contributed by atoms with E-state index >= 15 is 0 Å². The molecule has 2 aromatic carbocycles. The second-order valence-electron chi connectivity index (χ2n) is 8.20. The van der Waals surface area contributed by atoms with Gasteiger partial charge < -0.3 is 15.6 Å². The highest BCUT2D eigenvalue weighted by atomic mass is 32.2.